The number of para-hydroxylation sites is 1. The normalized spacial score (nSPS) is 30.1. The molecule has 1 N–H and O–H groups in total. The van der Waals surface area contributed by atoms with E-state index in [9.17, 15) is 5.11 Å². The highest BCUT2D eigenvalue weighted by atomic mass is 16.3. The van der Waals surface area contributed by atoms with Gasteiger partial charge in [0.2, 0.25) is 0 Å². The fourth-order valence-corrected chi connectivity index (χ4v) is 3.99. The van der Waals surface area contributed by atoms with Crippen molar-refractivity contribution in [2.45, 2.75) is 51.1 Å². The van der Waals surface area contributed by atoms with Crippen molar-refractivity contribution in [1.29, 1.82) is 0 Å². The lowest BCUT2D eigenvalue weighted by Gasteiger charge is -2.41. The van der Waals surface area contributed by atoms with Gasteiger partial charge in [-0.05, 0) is 51.1 Å². The van der Waals surface area contributed by atoms with Gasteiger partial charge in [-0.2, -0.15) is 0 Å². The molecule has 2 heteroatoms. The minimum atomic E-state index is 0.345. The van der Waals surface area contributed by atoms with Crippen LogP contribution >= 0.6 is 0 Å². The van der Waals surface area contributed by atoms with Crippen LogP contribution in [-0.2, 0) is 0 Å². The maximum absolute atomic E-state index is 10.0. The van der Waals surface area contributed by atoms with E-state index in [-0.39, 0.29) is 0 Å². The van der Waals surface area contributed by atoms with Crippen LogP contribution in [0.4, 0.5) is 0 Å². The molecule has 0 amide bonds. The molecule has 1 saturated carbocycles. The zero-order valence-corrected chi connectivity index (χ0v) is 11.2. The molecule has 2 nitrogen and oxygen atoms in total. The molecule has 2 fully saturated rings. The summed E-state index contributed by atoms with van der Waals surface area (Å²) in [5.41, 5.74) is 1.09. The standard InChI is InChI=1S/C16H23NO/c1-12(14-8-2-3-10-16(14)18)17-11-5-7-13-6-4-9-15(13)17/h2-3,8,10,12-13,15,18H,4-7,9,11H2,1H3. The number of phenolic OH excluding ortho intramolecular Hbond substituents is 1. The highest BCUT2D eigenvalue weighted by Gasteiger charge is 2.37. The summed E-state index contributed by atoms with van der Waals surface area (Å²) in [5.74, 6) is 1.36. The molecular formula is C16H23NO. The van der Waals surface area contributed by atoms with Crippen molar-refractivity contribution in [2.24, 2.45) is 5.92 Å². The number of hydrogen-bond donors (Lipinski definition) is 1. The highest BCUT2D eigenvalue weighted by Crippen LogP contribution is 2.41. The van der Waals surface area contributed by atoms with Crippen LogP contribution in [0.2, 0.25) is 0 Å². The van der Waals surface area contributed by atoms with Crippen molar-refractivity contribution < 1.29 is 5.11 Å². The Hall–Kier alpha value is -1.02. The van der Waals surface area contributed by atoms with Gasteiger partial charge >= 0.3 is 0 Å². The molecule has 98 valence electrons. The van der Waals surface area contributed by atoms with E-state index in [1.54, 1.807) is 0 Å². The van der Waals surface area contributed by atoms with Crippen LogP contribution < -0.4 is 0 Å². The molecule has 1 aliphatic carbocycles. The molecule has 3 rings (SSSR count). The van der Waals surface area contributed by atoms with Gasteiger partial charge in [0.15, 0.2) is 0 Å². The maximum Gasteiger partial charge on any atom is 0.120 e. The Labute approximate surface area is 110 Å². The number of nitrogens with zero attached hydrogens (tertiary/aromatic N) is 1. The first kappa shape index (κ1) is 12.0. The number of piperidine rings is 1. The van der Waals surface area contributed by atoms with Gasteiger partial charge in [-0.25, -0.2) is 0 Å². The Balaban J connectivity index is 1.83. The molecule has 0 bridgehead atoms. The van der Waals surface area contributed by atoms with Crippen LogP contribution in [0.5, 0.6) is 5.75 Å². The largest absolute Gasteiger partial charge is 0.508 e. The third-order valence-electron chi connectivity index (χ3n) is 4.92. The van der Waals surface area contributed by atoms with Gasteiger partial charge < -0.3 is 5.11 Å². The van der Waals surface area contributed by atoms with Crippen LogP contribution in [-0.4, -0.2) is 22.6 Å². The topological polar surface area (TPSA) is 23.5 Å². The summed E-state index contributed by atoms with van der Waals surface area (Å²) in [6.45, 7) is 3.44. The Kier molecular flexibility index (Phi) is 3.29. The summed E-state index contributed by atoms with van der Waals surface area (Å²) in [6, 6.07) is 8.91. The third-order valence-corrected chi connectivity index (χ3v) is 4.92. The summed E-state index contributed by atoms with van der Waals surface area (Å²) >= 11 is 0. The Morgan fingerprint density at radius 2 is 1.94 bits per heavy atom. The predicted octanol–water partition coefficient (Wildman–Crippen LogP) is 3.72. The van der Waals surface area contributed by atoms with Gasteiger partial charge in [0, 0.05) is 17.6 Å². The Bertz CT molecular complexity index is 417. The highest BCUT2D eigenvalue weighted by molar-refractivity contribution is 5.34. The van der Waals surface area contributed by atoms with E-state index >= 15 is 0 Å². The SMILES string of the molecule is CC(c1ccccc1O)N1CCCC2CCCC21. The zero-order valence-electron chi connectivity index (χ0n) is 11.2. The second-order valence-corrected chi connectivity index (χ2v) is 5.87. The van der Waals surface area contributed by atoms with E-state index in [1.165, 1.54) is 38.6 Å². The zero-order chi connectivity index (χ0) is 12.5. The van der Waals surface area contributed by atoms with Crippen molar-refractivity contribution in [3.63, 3.8) is 0 Å². The van der Waals surface area contributed by atoms with Crippen LogP contribution in [0, 0.1) is 5.92 Å². The summed E-state index contributed by atoms with van der Waals surface area (Å²) < 4.78 is 0. The van der Waals surface area contributed by atoms with Crippen molar-refractivity contribution in [3.05, 3.63) is 29.8 Å². The number of rotatable bonds is 2. The lowest BCUT2D eigenvalue weighted by Crippen LogP contribution is -2.43. The van der Waals surface area contributed by atoms with Crippen molar-refractivity contribution in [3.8, 4) is 5.75 Å². The summed E-state index contributed by atoms with van der Waals surface area (Å²) in [6.07, 6.45) is 6.88. The van der Waals surface area contributed by atoms with E-state index in [0.717, 1.165) is 17.5 Å². The number of benzene rings is 1. The summed E-state index contributed by atoms with van der Waals surface area (Å²) in [4.78, 5) is 2.64. The molecule has 18 heavy (non-hydrogen) atoms. The van der Waals surface area contributed by atoms with Crippen LogP contribution in [0.25, 0.3) is 0 Å². The second kappa shape index (κ2) is 4.93. The van der Waals surface area contributed by atoms with Gasteiger partial charge in [-0.15, -0.1) is 0 Å². The van der Waals surface area contributed by atoms with E-state index in [2.05, 4.69) is 17.9 Å². The van der Waals surface area contributed by atoms with E-state index in [1.807, 2.05) is 18.2 Å². The minimum Gasteiger partial charge on any atom is -0.508 e. The van der Waals surface area contributed by atoms with Gasteiger partial charge in [0.25, 0.3) is 0 Å². The fourth-order valence-electron chi connectivity index (χ4n) is 3.99. The maximum atomic E-state index is 10.0. The quantitative estimate of drug-likeness (QED) is 0.858. The molecule has 1 saturated heterocycles. The number of likely N-dealkylation sites (tertiary alicyclic amines) is 1. The molecule has 2 aliphatic rings. The first-order chi connectivity index (χ1) is 8.77. The Morgan fingerprint density at radius 1 is 1.17 bits per heavy atom. The monoisotopic (exact) mass is 245 g/mol. The van der Waals surface area contributed by atoms with Crippen LogP contribution in [0.3, 0.4) is 0 Å². The van der Waals surface area contributed by atoms with E-state index in [4.69, 9.17) is 0 Å². The summed E-state index contributed by atoms with van der Waals surface area (Å²) in [7, 11) is 0. The van der Waals surface area contributed by atoms with Gasteiger partial charge in [-0.1, -0.05) is 24.6 Å². The number of fused-ring (bicyclic) bond motifs is 1. The number of hydrogen-bond acceptors (Lipinski definition) is 2. The van der Waals surface area contributed by atoms with Crippen molar-refractivity contribution >= 4 is 0 Å². The molecule has 1 aliphatic heterocycles. The van der Waals surface area contributed by atoms with Crippen molar-refractivity contribution in [1.82, 2.24) is 4.90 Å². The molecule has 1 heterocycles. The molecule has 0 aromatic heterocycles. The molecule has 1 aromatic rings. The first-order valence-electron chi connectivity index (χ1n) is 7.31. The predicted molar refractivity (Wildman–Crippen MR) is 73.6 cm³/mol. The first-order valence-corrected chi connectivity index (χ1v) is 7.31. The molecule has 1 aromatic carbocycles. The van der Waals surface area contributed by atoms with Gasteiger partial charge in [0.1, 0.15) is 5.75 Å². The Morgan fingerprint density at radius 3 is 2.78 bits per heavy atom. The molecule has 0 radical (unpaired) electrons. The lowest BCUT2D eigenvalue weighted by molar-refractivity contribution is 0.0735. The van der Waals surface area contributed by atoms with Gasteiger partial charge in [0.05, 0.1) is 0 Å². The van der Waals surface area contributed by atoms with E-state index in [0.29, 0.717) is 11.8 Å². The molecule has 0 spiro atoms. The average Bonchev–Trinajstić information content (AvgIpc) is 2.86. The van der Waals surface area contributed by atoms with Crippen LogP contribution in [0.15, 0.2) is 24.3 Å². The molecule has 3 atom stereocenters. The smallest absolute Gasteiger partial charge is 0.120 e. The summed E-state index contributed by atoms with van der Waals surface area (Å²) in [5, 5.41) is 10.0. The van der Waals surface area contributed by atoms with Crippen LogP contribution in [0.1, 0.15) is 50.6 Å². The molecule has 3 unspecified atom stereocenters. The third kappa shape index (κ3) is 2.03. The fraction of sp³-hybridized carbons (Fsp3) is 0.625. The number of phenols is 1. The molecular weight excluding hydrogens is 222 g/mol. The average molecular weight is 245 g/mol. The lowest BCUT2D eigenvalue weighted by atomic mass is 9.89. The number of aromatic hydroxyl groups is 1. The van der Waals surface area contributed by atoms with Gasteiger partial charge in [-0.3, -0.25) is 4.90 Å². The minimum absolute atomic E-state index is 0.345. The van der Waals surface area contributed by atoms with E-state index < -0.39 is 0 Å². The second-order valence-electron chi connectivity index (χ2n) is 5.87. The van der Waals surface area contributed by atoms with Crippen molar-refractivity contribution in [2.75, 3.05) is 6.54 Å².